The lowest BCUT2D eigenvalue weighted by atomic mass is 9.74. The van der Waals surface area contributed by atoms with Crippen LogP contribution in [0, 0.1) is 12.8 Å². The van der Waals surface area contributed by atoms with Gasteiger partial charge >= 0.3 is 0 Å². The Morgan fingerprint density at radius 1 is 1.41 bits per heavy atom. The summed E-state index contributed by atoms with van der Waals surface area (Å²) in [4.78, 5) is 0. The van der Waals surface area contributed by atoms with Crippen LogP contribution in [0.3, 0.4) is 0 Å². The van der Waals surface area contributed by atoms with Crippen molar-refractivity contribution in [3.8, 4) is 5.75 Å². The molecule has 0 amide bonds. The van der Waals surface area contributed by atoms with Crippen molar-refractivity contribution in [2.24, 2.45) is 5.92 Å². The lowest BCUT2D eigenvalue weighted by Gasteiger charge is -2.42. The van der Waals surface area contributed by atoms with Gasteiger partial charge in [0.1, 0.15) is 5.75 Å². The van der Waals surface area contributed by atoms with E-state index in [4.69, 9.17) is 21.1 Å². The van der Waals surface area contributed by atoms with Crippen molar-refractivity contribution in [3.63, 3.8) is 0 Å². The van der Waals surface area contributed by atoms with Crippen molar-refractivity contribution in [1.29, 1.82) is 0 Å². The zero-order valence-electron chi connectivity index (χ0n) is 14.2. The van der Waals surface area contributed by atoms with E-state index >= 15 is 0 Å². The minimum absolute atomic E-state index is 0.0582. The Hall–Kier alpha value is -0.730. The van der Waals surface area contributed by atoms with Crippen LogP contribution in [-0.2, 0) is 11.2 Å². The Kier molecular flexibility index (Phi) is 4.44. The zero-order valence-corrected chi connectivity index (χ0v) is 14.9. The average Bonchev–Trinajstić information content (AvgIpc) is 2.83. The molecule has 0 bridgehead atoms. The first-order valence-corrected chi connectivity index (χ1v) is 8.94. The van der Waals surface area contributed by atoms with Gasteiger partial charge in [0.2, 0.25) is 0 Å². The third-order valence-electron chi connectivity index (χ3n) is 5.41. The molecule has 22 heavy (non-hydrogen) atoms. The highest BCUT2D eigenvalue weighted by Crippen LogP contribution is 2.45. The molecule has 2 aliphatic rings. The second-order valence-electron chi connectivity index (χ2n) is 7.24. The highest BCUT2D eigenvalue weighted by molar-refractivity contribution is 6.32. The molecule has 0 N–H and O–H groups in total. The van der Waals surface area contributed by atoms with Crippen molar-refractivity contribution < 1.29 is 9.47 Å². The molecular weight excluding hydrogens is 296 g/mol. The fourth-order valence-electron chi connectivity index (χ4n) is 3.86. The van der Waals surface area contributed by atoms with Gasteiger partial charge < -0.3 is 9.47 Å². The molecule has 3 heteroatoms. The van der Waals surface area contributed by atoms with E-state index in [-0.39, 0.29) is 11.7 Å². The standard InChI is InChI=1S/C19H27ClO2/c1-5-16(22-19(3,4)13-7-6-8-13)17-12(2)11-15(20)18-14(17)9-10-21-18/h11,13,16H,5-10H2,1-4H3. The zero-order chi connectivity index (χ0) is 15.9. The molecule has 1 fully saturated rings. The minimum atomic E-state index is -0.0582. The normalized spacial score (nSPS) is 19.5. The van der Waals surface area contributed by atoms with E-state index in [9.17, 15) is 0 Å². The SMILES string of the molecule is CCC(OC(C)(C)C1CCC1)c1c(C)cc(Cl)c2c1CCO2. The highest BCUT2D eigenvalue weighted by atomic mass is 35.5. The van der Waals surface area contributed by atoms with Crippen LogP contribution < -0.4 is 4.74 Å². The van der Waals surface area contributed by atoms with Crippen molar-refractivity contribution in [3.05, 3.63) is 27.8 Å². The molecule has 0 radical (unpaired) electrons. The third kappa shape index (κ3) is 2.76. The summed E-state index contributed by atoms with van der Waals surface area (Å²) in [6.45, 7) is 9.58. The van der Waals surface area contributed by atoms with Gasteiger partial charge in [-0.25, -0.2) is 0 Å². The molecule has 0 saturated heterocycles. The van der Waals surface area contributed by atoms with Crippen LogP contribution >= 0.6 is 11.6 Å². The first-order chi connectivity index (χ1) is 10.4. The lowest BCUT2D eigenvalue weighted by Crippen LogP contribution is -2.39. The summed E-state index contributed by atoms with van der Waals surface area (Å²) in [5.74, 6) is 1.57. The van der Waals surface area contributed by atoms with Gasteiger partial charge in [0.15, 0.2) is 0 Å². The second kappa shape index (κ2) is 6.05. The number of aryl methyl sites for hydroxylation is 1. The van der Waals surface area contributed by atoms with Crippen LogP contribution in [0.2, 0.25) is 5.02 Å². The molecular formula is C19H27ClO2. The van der Waals surface area contributed by atoms with Gasteiger partial charge in [0.25, 0.3) is 0 Å². The Labute approximate surface area is 139 Å². The second-order valence-corrected chi connectivity index (χ2v) is 7.65. The van der Waals surface area contributed by atoms with Gasteiger partial charge in [-0.2, -0.15) is 0 Å². The molecule has 1 aliphatic carbocycles. The summed E-state index contributed by atoms with van der Waals surface area (Å²) >= 11 is 6.34. The Morgan fingerprint density at radius 3 is 2.73 bits per heavy atom. The summed E-state index contributed by atoms with van der Waals surface area (Å²) in [6.07, 6.45) is 5.98. The summed E-state index contributed by atoms with van der Waals surface area (Å²) < 4.78 is 12.4. The molecule has 1 aliphatic heterocycles. The summed E-state index contributed by atoms with van der Waals surface area (Å²) in [7, 11) is 0. The molecule has 122 valence electrons. The van der Waals surface area contributed by atoms with Crippen LogP contribution in [0.5, 0.6) is 5.75 Å². The smallest absolute Gasteiger partial charge is 0.141 e. The fourth-order valence-corrected chi connectivity index (χ4v) is 4.19. The van der Waals surface area contributed by atoms with Gasteiger partial charge in [0, 0.05) is 12.0 Å². The van der Waals surface area contributed by atoms with Crippen molar-refractivity contribution in [1.82, 2.24) is 0 Å². The highest BCUT2D eigenvalue weighted by Gasteiger charge is 2.38. The average molecular weight is 323 g/mol. The summed E-state index contributed by atoms with van der Waals surface area (Å²) in [5.41, 5.74) is 3.75. The number of fused-ring (bicyclic) bond motifs is 1. The Bertz CT molecular complexity index is 561. The molecule has 0 aromatic heterocycles. The Morgan fingerprint density at radius 2 is 2.14 bits per heavy atom. The number of benzene rings is 1. The van der Waals surface area contributed by atoms with E-state index in [1.807, 2.05) is 6.07 Å². The van der Waals surface area contributed by atoms with E-state index in [0.717, 1.165) is 30.2 Å². The molecule has 1 atom stereocenters. The van der Waals surface area contributed by atoms with E-state index in [0.29, 0.717) is 5.92 Å². The predicted molar refractivity (Wildman–Crippen MR) is 90.9 cm³/mol. The summed E-state index contributed by atoms with van der Waals surface area (Å²) in [6, 6.07) is 2.03. The van der Waals surface area contributed by atoms with Crippen molar-refractivity contribution in [2.45, 2.75) is 71.5 Å². The van der Waals surface area contributed by atoms with Crippen LogP contribution in [0.25, 0.3) is 0 Å². The molecule has 1 aromatic rings. The molecule has 1 heterocycles. The number of rotatable bonds is 5. The van der Waals surface area contributed by atoms with Gasteiger partial charge in [-0.05, 0) is 63.1 Å². The van der Waals surface area contributed by atoms with E-state index in [1.54, 1.807) is 0 Å². The van der Waals surface area contributed by atoms with Gasteiger partial charge in [-0.1, -0.05) is 24.9 Å². The quantitative estimate of drug-likeness (QED) is 0.699. The molecule has 1 saturated carbocycles. The van der Waals surface area contributed by atoms with Crippen LogP contribution in [-0.4, -0.2) is 12.2 Å². The van der Waals surface area contributed by atoms with Crippen molar-refractivity contribution in [2.75, 3.05) is 6.61 Å². The molecule has 0 spiro atoms. The topological polar surface area (TPSA) is 18.5 Å². The Balaban J connectivity index is 1.92. The predicted octanol–water partition coefficient (Wildman–Crippen LogP) is 5.63. The van der Waals surface area contributed by atoms with Gasteiger partial charge in [0.05, 0.1) is 23.3 Å². The molecule has 2 nitrogen and oxygen atoms in total. The van der Waals surface area contributed by atoms with E-state index in [2.05, 4.69) is 27.7 Å². The third-order valence-corrected chi connectivity index (χ3v) is 5.69. The van der Waals surface area contributed by atoms with Gasteiger partial charge in [-0.3, -0.25) is 0 Å². The lowest BCUT2D eigenvalue weighted by molar-refractivity contribution is -0.126. The number of hydrogen-bond donors (Lipinski definition) is 0. The fraction of sp³-hybridized carbons (Fsp3) is 0.684. The number of halogens is 1. The first kappa shape index (κ1) is 16.1. The van der Waals surface area contributed by atoms with E-state index < -0.39 is 0 Å². The summed E-state index contributed by atoms with van der Waals surface area (Å²) in [5, 5.41) is 0.738. The molecule has 1 aromatic carbocycles. The maximum absolute atomic E-state index is 6.62. The minimum Gasteiger partial charge on any atom is -0.491 e. The molecule has 3 rings (SSSR count). The number of hydrogen-bond acceptors (Lipinski definition) is 2. The van der Waals surface area contributed by atoms with E-state index in [1.165, 1.54) is 36.0 Å². The maximum Gasteiger partial charge on any atom is 0.141 e. The van der Waals surface area contributed by atoms with Crippen LogP contribution in [0.1, 0.15) is 69.2 Å². The van der Waals surface area contributed by atoms with Gasteiger partial charge in [-0.15, -0.1) is 0 Å². The van der Waals surface area contributed by atoms with Crippen LogP contribution in [0.4, 0.5) is 0 Å². The number of ether oxygens (including phenoxy) is 2. The van der Waals surface area contributed by atoms with Crippen molar-refractivity contribution >= 4 is 11.6 Å². The monoisotopic (exact) mass is 322 g/mol. The first-order valence-electron chi connectivity index (χ1n) is 8.56. The molecule has 1 unspecified atom stereocenters. The largest absolute Gasteiger partial charge is 0.491 e. The maximum atomic E-state index is 6.62. The van der Waals surface area contributed by atoms with Crippen LogP contribution in [0.15, 0.2) is 6.07 Å².